The first kappa shape index (κ1) is 14.6. The van der Waals surface area contributed by atoms with Gasteiger partial charge in [0.05, 0.1) is 32.7 Å². The fourth-order valence-electron chi connectivity index (χ4n) is 0.231. The summed E-state index contributed by atoms with van der Waals surface area (Å²) in [7, 11) is 1.31. The molecule has 0 heterocycles. The molecule has 0 aliphatic rings. The van der Waals surface area contributed by atoms with Crippen LogP contribution in [0.5, 0.6) is 0 Å². The van der Waals surface area contributed by atoms with E-state index in [1.165, 1.54) is 0 Å². The van der Waals surface area contributed by atoms with Crippen molar-refractivity contribution in [2.24, 2.45) is 0 Å². The Morgan fingerprint density at radius 2 is 1.50 bits per heavy atom. The number of aliphatic hydroxyl groups is 2. The number of rotatable bonds is 4. The Balaban J connectivity index is 0. The van der Waals surface area contributed by atoms with E-state index in [0.717, 1.165) is 6.26 Å². The van der Waals surface area contributed by atoms with Gasteiger partial charge < -0.3 is 14.9 Å². The van der Waals surface area contributed by atoms with E-state index in [-0.39, 0.29) is 13.2 Å². The summed E-state index contributed by atoms with van der Waals surface area (Å²) in [5.74, 6) is 0. The molecule has 0 aliphatic heterocycles. The fourth-order valence-corrected chi connectivity index (χ4v) is 0.231. The van der Waals surface area contributed by atoms with E-state index in [1.54, 1.807) is 0 Å². The minimum atomic E-state index is -3.19. The summed E-state index contributed by atoms with van der Waals surface area (Å²) >= 11 is 0. The third-order valence-corrected chi connectivity index (χ3v) is 0.471. The molecule has 5 nitrogen and oxygen atoms in total. The summed E-state index contributed by atoms with van der Waals surface area (Å²) in [4.78, 5) is 0. The largest absolute Gasteiger partial charge is 0.394 e. The Bertz CT molecular complexity index is 155. The van der Waals surface area contributed by atoms with E-state index < -0.39 is 9.05 Å². The number of hydrogen-bond donors (Lipinski definition) is 2. The maximum atomic E-state index is 9.40. The van der Waals surface area contributed by atoms with E-state index in [9.17, 15) is 8.42 Å². The Morgan fingerprint density at radius 3 is 1.67 bits per heavy atom. The molecule has 0 radical (unpaired) electrons. The molecule has 0 saturated heterocycles. The fraction of sp³-hybridized carbons (Fsp3) is 1.00. The molecule has 0 rings (SSSR count). The van der Waals surface area contributed by atoms with Crippen molar-refractivity contribution in [3.05, 3.63) is 0 Å². The van der Waals surface area contributed by atoms with Crippen molar-refractivity contribution in [3.8, 4) is 0 Å². The van der Waals surface area contributed by atoms with Crippen molar-refractivity contribution in [2.45, 2.75) is 0 Å². The maximum absolute atomic E-state index is 9.40. The van der Waals surface area contributed by atoms with Gasteiger partial charge >= 0.3 is 0 Å². The molecule has 76 valence electrons. The van der Waals surface area contributed by atoms with Gasteiger partial charge in [-0.3, -0.25) is 0 Å². The highest BCUT2D eigenvalue weighted by Crippen LogP contribution is 1.83. The zero-order valence-electron chi connectivity index (χ0n) is 6.73. The summed E-state index contributed by atoms with van der Waals surface area (Å²) in [5.41, 5.74) is 0. The van der Waals surface area contributed by atoms with E-state index >= 15 is 0 Å². The van der Waals surface area contributed by atoms with Gasteiger partial charge in [-0.2, -0.15) is 0 Å². The molecular weight excluding hydrogens is 208 g/mol. The molecule has 0 aromatic carbocycles. The van der Waals surface area contributed by atoms with Gasteiger partial charge in [0.1, 0.15) is 0 Å². The molecular formula is C5H13ClO5S. The third-order valence-electron chi connectivity index (χ3n) is 0.471. The lowest BCUT2D eigenvalue weighted by Crippen LogP contribution is -2.03. The number of ether oxygens (including phenoxy) is 1. The van der Waals surface area contributed by atoms with Crippen molar-refractivity contribution in [2.75, 3.05) is 32.7 Å². The topological polar surface area (TPSA) is 83.8 Å². The van der Waals surface area contributed by atoms with Crippen LogP contribution in [0.4, 0.5) is 0 Å². The summed E-state index contributed by atoms with van der Waals surface area (Å²) in [6, 6.07) is 0. The molecule has 2 N–H and O–H groups in total. The lowest BCUT2D eigenvalue weighted by molar-refractivity contribution is 0.0650. The summed E-state index contributed by atoms with van der Waals surface area (Å²) in [5, 5.41) is 16.2. The molecule has 7 heteroatoms. The van der Waals surface area contributed by atoms with Crippen LogP contribution < -0.4 is 0 Å². The van der Waals surface area contributed by atoms with Crippen molar-refractivity contribution >= 4 is 19.7 Å². The molecule has 0 unspecified atom stereocenters. The van der Waals surface area contributed by atoms with Crippen molar-refractivity contribution in [1.29, 1.82) is 0 Å². The monoisotopic (exact) mass is 220 g/mol. The van der Waals surface area contributed by atoms with Crippen molar-refractivity contribution in [3.63, 3.8) is 0 Å². The van der Waals surface area contributed by atoms with Crippen LogP contribution in [0.1, 0.15) is 0 Å². The predicted molar refractivity (Wildman–Crippen MR) is 45.7 cm³/mol. The second-order valence-electron chi connectivity index (χ2n) is 1.74. The molecule has 12 heavy (non-hydrogen) atoms. The van der Waals surface area contributed by atoms with Crippen LogP contribution in [-0.2, 0) is 13.8 Å². The highest BCUT2D eigenvalue weighted by Gasteiger charge is 1.83. The van der Waals surface area contributed by atoms with Crippen molar-refractivity contribution in [1.82, 2.24) is 0 Å². The minimum absolute atomic E-state index is 0.0278. The Kier molecular flexibility index (Phi) is 11.2. The van der Waals surface area contributed by atoms with E-state index in [0.29, 0.717) is 13.2 Å². The minimum Gasteiger partial charge on any atom is -0.394 e. The summed E-state index contributed by atoms with van der Waals surface area (Å²) in [6.07, 6.45) is 0.925. The predicted octanol–water partition coefficient (Wildman–Crippen LogP) is -0.828. The quantitative estimate of drug-likeness (QED) is 0.478. The van der Waals surface area contributed by atoms with Crippen molar-refractivity contribution < 1.29 is 23.4 Å². The lowest BCUT2D eigenvalue weighted by atomic mass is 10.7. The molecule has 0 bridgehead atoms. The second kappa shape index (κ2) is 9.21. The van der Waals surface area contributed by atoms with Crippen LogP contribution in [0.25, 0.3) is 0 Å². The van der Waals surface area contributed by atoms with E-state index in [1.807, 2.05) is 0 Å². The van der Waals surface area contributed by atoms with Crippen LogP contribution in [0, 0.1) is 0 Å². The first-order valence-electron chi connectivity index (χ1n) is 3.11. The third kappa shape index (κ3) is 49.6. The molecule has 0 amide bonds. The highest BCUT2D eigenvalue weighted by molar-refractivity contribution is 8.13. The number of hydrogen-bond acceptors (Lipinski definition) is 5. The van der Waals surface area contributed by atoms with Gasteiger partial charge in [-0.15, -0.1) is 0 Å². The SMILES string of the molecule is CS(=O)(=O)Cl.OCCOCCO. The standard InChI is InChI=1S/C4H10O3.CH3ClO2S/c5-1-3-7-4-2-6;1-5(2,3)4/h5-6H,1-4H2;1H3. The van der Waals surface area contributed by atoms with Crippen LogP contribution >= 0.6 is 10.7 Å². The number of halogens is 1. The maximum Gasteiger partial charge on any atom is 0.229 e. The Labute approximate surface area is 76.3 Å². The molecule has 0 atom stereocenters. The first-order valence-corrected chi connectivity index (χ1v) is 5.82. The van der Waals surface area contributed by atoms with Gasteiger partial charge in [-0.25, -0.2) is 8.42 Å². The average molecular weight is 221 g/mol. The molecule has 0 aliphatic carbocycles. The van der Waals surface area contributed by atoms with E-state index in [2.05, 4.69) is 15.4 Å². The van der Waals surface area contributed by atoms with Gasteiger partial charge in [0.2, 0.25) is 9.05 Å². The Morgan fingerprint density at radius 1 is 1.25 bits per heavy atom. The average Bonchev–Trinajstić information content (AvgIpc) is 1.85. The molecule has 0 aromatic rings. The van der Waals surface area contributed by atoms with Gasteiger partial charge in [-0.1, -0.05) is 0 Å². The van der Waals surface area contributed by atoms with E-state index in [4.69, 9.17) is 10.2 Å². The Hall–Kier alpha value is 0.120. The van der Waals surface area contributed by atoms with Gasteiger partial charge in [-0.05, 0) is 0 Å². The van der Waals surface area contributed by atoms with Gasteiger partial charge in [0.15, 0.2) is 0 Å². The summed E-state index contributed by atoms with van der Waals surface area (Å²) < 4.78 is 23.4. The number of aliphatic hydroxyl groups excluding tert-OH is 2. The zero-order valence-corrected chi connectivity index (χ0v) is 8.31. The normalized spacial score (nSPS) is 10.3. The van der Waals surface area contributed by atoms with Crippen LogP contribution in [0.15, 0.2) is 0 Å². The lowest BCUT2D eigenvalue weighted by Gasteiger charge is -1.94. The highest BCUT2D eigenvalue weighted by atomic mass is 35.7. The van der Waals surface area contributed by atoms with Crippen LogP contribution in [0.3, 0.4) is 0 Å². The van der Waals surface area contributed by atoms with Gasteiger partial charge in [0.25, 0.3) is 0 Å². The molecule has 0 fully saturated rings. The molecule has 0 aromatic heterocycles. The molecule has 0 spiro atoms. The zero-order chi connectivity index (χ0) is 10.0. The molecule has 0 saturated carbocycles. The van der Waals surface area contributed by atoms with Crippen LogP contribution in [0.2, 0.25) is 0 Å². The van der Waals surface area contributed by atoms with Gasteiger partial charge in [0, 0.05) is 10.7 Å². The first-order chi connectivity index (χ1) is 5.41. The van der Waals surface area contributed by atoms with Crippen LogP contribution in [-0.4, -0.2) is 51.3 Å². The smallest absolute Gasteiger partial charge is 0.229 e. The second-order valence-corrected chi connectivity index (χ2v) is 4.79. The summed E-state index contributed by atoms with van der Waals surface area (Å²) in [6.45, 7) is 0.696.